The van der Waals surface area contributed by atoms with Gasteiger partial charge in [0.1, 0.15) is 0 Å². The number of nitrogens with one attached hydrogen (secondary N) is 3. The lowest BCUT2D eigenvalue weighted by Crippen LogP contribution is -2.48. The van der Waals surface area contributed by atoms with Crippen molar-refractivity contribution in [2.45, 2.75) is 38.8 Å². The molecule has 0 aliphatic carbocycles. The number of hydrogen-bond acceptors (Lipinski definition) is 4. The van der Waals surface area contributed by atoms with Crippen LogP contribution in [0.15, 0.2) is 48.8 Å². The summed E-state index contributed by atoms with van der Waals surface area (Å²) in [5.41, 5.74) is 7.21. The maximum absolute atomic E-state index is 12.3. The number of carbonyl (C=O) groups excluding carboxylic acids is 2. The van der Waals surface area contributed by atoms with Gasteiger partial charge in [-0.1, -0.05) is 19.4 Å². The molecule has 3 amide bonds. The molecular formula is C19H27Cl2N5O2. The molecule has 2 rings (SSSR count). The second-order valence-corrected chi connectivity index (χ2v) is 6.37. The predicted molar refractivity (Wildman–Crippen MR) is 117 cm³/mol. The Bertz CT molecular complexity index is 757. The average molecular weight is 428 g/mol. The van der Waals surface area contributed by atoms with Crippen LogP contribution in [0.4, 0.5) is 16.2 Å². The van der Waals surface area contributed by atoms with Gasteiger partial charge in [0.2, 0.25) is 5.91 Å². The number of halogens is 2. The Morgan fingerprint density at radius 2 is 1.68 bits per heavy atom. The van der Waals surface area contributed by atoms with Crippen molar-refractivity contribution in [2.24, 2.45) is 5.73 Å². The molecule has 1 atom stereocenters. The Hall–Kier alpha value is -2.35. The van der Waals surface area contributed by atoms with E-state index in [2.05, 4.69) is 20.9 Å². The Labute approximate surface area is 177 Å². The Morgan fingerprint density at radius 1 is 1.07 bits per heavy atom. The quantitative estimate of drug-likeness (QED) is 0.539. The highest BCUT2D eigenvalue weighted by Gasteiger charge is 2.27. The lowest BCUT2D eigenvalue weighted by Gasteiger charge is -2.23. The van der Waals surface area contributed by atoms with E-state index in [-0.39, 0.29) is 36.8 Å². The fourth-order valence-corrected chi connectivity index (χ4v) is 2.44. The van der Waals surface area contributed by atoms with Crippen molar-refractivity contribution in [3.8, 4) is 0 Å². The van der Waals surface area contributed by atoms with Gasteiger partial charge in [-0.25, -0.2) is 4.79 Å². The van der Waals surface area contributed by atoms with E-state index in [0.717, 1.165) is 12.0 Å². The van der Waals surface area contributed by atoms with E-state index in [1.807, 2.05) is 19.1 Å². The van der Waals surface area contributed by atoms with Crippen molar-refractivity contribution in [1.82, 2.24) is 10.3 Å². The monoisotopic (exact) mass is 427 g/mol. The van der Waals surface area contributed by atoms with Crippen LogP contribution in [-0.2, 0) is 11.3 Å². The topological polar surface area (TPSA) is 109 Å². The summed E-state index contributed by atoms with van der Waals surface area (Å²) in [7, 11) is 0. The first-order chi connectivity index (χ1) is 12.4. The fraction of sp³-hybridized carbons (Fsp3) is 0.316. The maximum Gasteiger partial charge on any atom is 0.319 e. The molecule has 0 aliphatic rings. The Morgan fingerprint density at radius 3 is 2.29 bits per heavy atom. The first-order valence-corrected chi connectivity index (χ1v) is 8.55. The Kier molecular flexibility index (Phi) is 11.2. The van der Waals surface area contributed by atoms with Crippen LogP contribution in [-0.4, -0.2) is 22.5 Å². The summed E-state index contributed by atoms with van der Waals surface area (Å²) in [6.07, 6.45) is 4.75. The summed E-state index contributed by atoms with van der Waals surface area (Å²) < 4.78 is 0. The van der Waals surface area contributed by atoms with E-state index in [1.165, 1.54) is 0 Å². The highest BCUT2D eigenvalue weighted by molar-refractivity contribution is 5.98. The van der Waals surface area contributed by atoms with Crippen molar-refractivity contribution in [1.29, 1.82) is 0 Å². The molecule has 7 nitrogen and oxygen atoms in total. The molecule has 154 valence electrons. The highest BCUT2D eigenvalue weighted by atomic mass is 35.5. The van der Waals surface area contributed by atoms with Gasteiger partial charge in [-0.05, 0) is 49.2 Å². The minimum absolute atomic E-state index is 0. The Balaban J connectivity index is 0.00000364. The number of urea groups is 1. The van der Waals surface area contributed by atoms with Crippen molar-refractivity contribution in [2.75, 3.05) is 10.6 Å². The molecule has 0 bridgehead atoms. The molecule has 28 heavy (non-hydrogen) atoms. The number of carbonyl (C=O) groups is 2. The SMILES string of the molecule is CCCC(C)(N)C(=O)Nc1cccc(NC(=O)NCc2ccncc2)c1.Cl.Cl. The molecule has 9 heteroatoms. The van der Waals surface area contributed by atoms with Gasteiger partial charge in [-0.15, -0.1) is 24.8 Å². The molecule has 5 N–H and O–H groups in total. The first-order valence-electron chi connectivity index (χ1n) is 8.55. The van der Waals surface area contributed by atoms with Crippen LogP contribution in [0.3, 0.4) is 0 Å². The second kappa shape index (κ2) is 12.2. The molecule has 0 saturated heterocycles. The van der Waals surface area contributed by atoms with Crippen LogP contribution < -0.4 is 21.7 Å². The first kappa shape index (κ1) is 25.6. The molecule has 0 saturated carbocycles. The summed E-state index contributed by atoms with van der Waals surface area (Å²) >= 11 is 0. The zero-order chi connectivity index (χ0) is 19.0. The van der Waals surface area contributed by atoms with E-state index < -0.39 is 5.54 Å². The number of aromatic nitrogens is 1. The molecule has 0 spiro atoms. The van der Waals surface area contributed by atoms with Gasteiger partial charge < -0.3 is 21.7 Å². The van der Waals surface area contributed by atoms with Crippen LogP contribution in [0.2, 0.25) is 0 Å². The van der Waals surface area contributed by atoms with E-state index in [4.69, 9.17) is 5.73 Å². The van der Waals surface area contributed by atoms with Crippen LogP contribution >= 0.6 is 24.8 Å². The summed E-state index contributed by atoms with van der Waals surface area (Å²) in [6, 6.07) is 10.3. The molecule has 0 aliphatic heterocycles. The molecule has 1 aromatic heterocycles. The smallest absolute Gasteiger partial charge is 0.319 e. The van der Waals surface area contributed by atoms with E-state index in [0.29, 0.717) is 24.3 Å². The molecule has 1 aromatic carbocycles. The van der Waals surface area contributed by atoms with Gasteiger partial charge in [-0.3, -0.25) is 9.78 Å². The van der Waals surface area contributed by atoms with Crippen molar-refractivity contribution < 1.29 is 9.59 Å². The van der Waals surface area contributed by atoms with Gasteiger partial charge in [0.25, 0.3) is 0 Å². The second-order valence-electron chi connectivity index (χ2n) is 6.37. The zero-order valence-electron chi connectivity index (χ0n) is 15.9. The van der Waals surface area contributed by atoms with Crippen molar-refractivity contribution in [3.05, 3.63) is 54.4 Å². The van der Waals surface area contributed by atoms with Gasteiger partial charge >= 0.3 is 6.03 Å². The van der Waals surface area contributed by atoms with Gasteiger partial charge in [0, 0.05) is 30.3 Å². The highest BCUT2D eigenvalue weighted by Crippen LogP contribution is 2.18. The number of pyridine rings is 1. The summed E-state index contributed by atoms with van der Waals surface area (Å²) in [4.78, 5) is 28.2. The number of hydrogen-bond donors (Lipinski definition) is 4. The normalized spacial score (nSPS) is 11.8. The van der Waals surface area contributed by atoms with E-state index in [1.54, 1.807) is 43.6 Å². The maximum atomic E-state index is 12.3. The lowest BCUT2D eigenvalue weighted by atomic mass is 9.96. The predicted octanol–water partition coefficient (Wildman–Crippen LogP) is 3.70. The summed E-state index contributed by atoms with van der Waals surface area (Å²) in [6.45, 7) is 4.08. The molecule has 1 heterocycles. The van der Waals surface area contributed by atoms with Gasteiger partial charge in [0.05, 0.1) is 5.54 Å². The minimum Gasteiger partial charge on any atom is -0.334 e. The third-order valence-corrected chi connectivity index (χ3v) is 3.87. The van der Waals surface area contributed by atoms with Crippen molar-refractivity contribution in [3.63, 3.8) is 0 Å². The number of nitrogens with two attached hydrogens (primary N) is 1. The largest absolute Gasteiger partial charge is 0.334 e. The van der Waals surface area contributed by atoms with Gasteiger partial charge in [-0.2, -0.15) is 0 Å². The van der Waals surface area contributed by atoms with Gasteiger partial charge in [0.15, 0.2) is 0 Å². The molecule has 2 aromatic rings. The zero-order valence-corrected chi connectivity index (χ0v) is 17.5. The van der Waals surface area contributed by atoms with E-state index >= 15 is 0 Å². The van der Waals surface area contributed by atoms with Crippen molar-refractivity contribution >= 4 is 48.1 Å². The molecule has 0 fully saturated rings. The number of anilines is 2. The van der Waals surface area contributed by atoms with Crippen LogP contribution in [0, 0.1) is 0 Å². The molecule has 1 unspecified atom stereocenters. The number of amides is 3. The minimum atomic E-state index is -0.930. The lowest BCUT2D eigenvalue weighted by molar-refractivity contribution is -0.120. The summed E-state index contributed by atoms with van der Waals surface area (Å²) in [5.74, 6) is -0.251. The third kappa shape index (κ3) is 8.12. The summed E-state index contributed by atoms with van der Waals surface area (Å²) in [5, 5.41) is 8.30. The number of rotatable bonds is 7. The molecular weight excluding hydrogens is 401 g/mol. The standard InChI is InChI=1S/C19H25N5O2.2ClH/c1-3-9-19(2,20)17(25)23-15-5-4-6-16(12-15)24-18(26)22-13-14-7-10-21-11-8-14;;/h4-8,10-12H,3,9,13,20H2,1-2H3,(H,23,25)(H2,22,24,26);2*1H. The van der Waals surface area contributed by atoms with Crippen LogP contribution in [0.25, 0.3) is 0 Å². The van der Waals surface area contributed by atoms with Crippen LogP contribution in [0.5, 0.6) is 0 Å². The molecule has 0 radical (unpaired) electrons. The number of benzene rings is 1. The third-order valence-electron chi connectivity index (χ3n) is 3.87. The number of nitrogens with zero attached hydrogens (tertiary/aromatic N) is 1. The fourth-order valence-electron chi connectivity index (χ4n) is 2.44. The average Bonchev–Trinajstić information content (AvgIpc) is 2.61. The van der Waals surface area contributed by atoms with Crippen LogP contribution in [0.1, 0.15) is 32.3 Å². The van der Waals surface area contributed by atoms with E-state index in [9.17, 15) is 9.59 Å².